The van der Waals surface area contributed by atoms with Crippen LogP contribution in [0.15, 0.2) is 0 Å². The van der Waals surface area contributed by atoms with Crippen molar-refractivity contribution in [2.45, 2.75) is 18.3 Å². The Morgan fingerprint density at radius 2 is 2.18 bits per heavy atom. The van der Waals surface area contributed by atoms with Crippen LogP contribution < -0.4 is 0 Å². The molecule has 1 fully saturated rings. The highest BCUT2D eigenvalue weighted by molar-refractivity contribution is 5.85. The summed E-state index contributed by atoms with van der Waals surface area (Å²) in [6.45, 7) is -0.644. The third kappa shape index (κ3) is 1.57. The molecule has 0 aromatic carbocycles. The molecule has 1 saturated heterocycles. The Kier molecular flexibility index (Phi) is 2.56. The molecule has 5 heteroatoms. The summed E-state index contributed by atoms with van der Waals surface area (Å²) in [4.78, 5) is 10.6. The molecular weight excluding hydrogens is 152 g/mol. The molecule has 64 valence electrons. The van der Waals surface area contributed by atoms with Crippen molar-refractivity contribution in [3.63, 3.8) is 0 Å². The molecule has 0 aromatic heterocycles. The van der Waals surface area contributed by atoms with Gasteiger partial charge in [-0.3, -0.25) is 4.79 Å². The summed E-state index contributed by atoms with van der Waals surface area (Å²) < 4.78 is 4.71. The fraction of sp³-hybridized carbons (Fsp3) is 0.833. The molecule has 0 bridgehead atoms. The molecule has 0 aromatic rings. The monoisotopic (exact) mass is 162 g/mol. The number of Topliss-reactive ketones (excluding diaryl/α,β-unsaturated/α-hetero) is 1. The lowest BCUT2D eigenvalue weighted by Gasteiger charge is -2.29. The van der Waals surface area contributed by atoms with Crippen LogP contribution >= 0.6 is 0 Å². The zero-order valence-corrected chi connectivity index (χ0v) is 5.80. The average molecular weight is 162 g/mol. The van der Waals surface area contributed by atoms with Gasteiger partial charge in [-0.25, -0.2) is 0 Å². The third-order valence-corrected chi connectivity index (χ3v) is 1.65. The predicted molar refractivity (Wildman–Crippen MR) is 33.8 cm³/mol. The highest BCUT2D eigenvalue weighted by Crippen LogP contribution is 2.11. The quantitative estimate of drug-likeness (QED) is 0.402. The number of ether oxygens (including phenoxy) is 1. The highest BCUT2D eigenvalue weighted by Gasteiger charge is 2.36. The predicted octanol–water partition coefficient (Wildman–Crippen LogP) is -2.33. The number of carbonyl (C=O) groups is 1. The van der Waals surface area contributed by atoms with Gasteiger partial charge < -0.3 is 20.1 Å². The van der Waals surface area contributed by atoms with Gasteiger partial charge in [0.1, 0.15) is 24.9 Å². The van der Waals surface area contributed by atoms with Crippen LogP contribution in [0.4, 0.5) is 0 Å². The minimum Gasteiger partial charge on any atom is -0.394 e. The van der Waals surface area contributed by atoms with E-state index in [1.165, 1.54) is 0 Å². The van der Waals surface area contributed by atoms with E-state index in [4.69, 9.17) is 20.1 Å². The summed E-state index contributed by atoms with van der Waals surface area (Å²) >= 11 is 0. The van der Waals surface area contributed by atoms with Crippen LogP contribution in [0.3, 0.4) is 0 Å². The molecule has 11 heavy (non-hydrogen) atoms. The number of aliphatic hydroxyl groups is 3. The first-order valence-corrected chi connectivity index (χ1v) is 3.28. The Hall–Kier alpha value is -0.490. The van der Waals surface area contributed by atoms with Crippen molar-refractivity contribution in [2.24, 2.45) is 0 Å². The molecule has 0 amide bonds. The van der Waals surface area contributed by atoms with Gasteiger partial charge in [0.05, 0.1) is 6.61 Å². The smallest absolute Gasteiger partial charge is 0.189 e. The molecule has 3 atom stereocenters. The standard InChI is InChI=1S/C6H10O5/c7-1-4-6(10)5(9)3(8)2-11-4/h4-7,9-10H,1-2H2/t4?,5-,6+/m1/s1. The zero-order valence-electron chi connectivity index (χ0n) is 5.80. The zero-order chi connectivity index (χ0) is 8.43. The molecule has 0 spiro atoms. The molecule has 0 aliphatic carbocycles. The van der Waals surface area contributed by atoms with Gasteiger partial charge >= 0.3 is 0 Å². The maximum Gasteiger partial charge on any atom is 0.189 e. The summed E-state index contributed by atoms with van der Waals surface area (Å²) in [7, 11) is 0. The van der Waals surface area contributed by atoms with Gasteiger partial charge in [-0.15, -0.1) is 0 Å². The van der Waals surface area contributed by atoms with Crippen LogP contribution in [0.25, 0.3) is 0 Å². The maximum absolute atomic E-state index is 10.6. The van der Waals surface area contributed by atoms with Crippen LogP contribution in [-0.2, 0) is 9.53 Å². The molecule has 5 nitrogen and oxygen atoms in total. The van der Waals surface area contributed by atoms with Crippen LogP contribution in [-0.4, -0.2) is 52.6 Å². The normalized spacial score (nSPS) is 39.2. The van der Waals surface area contributed by atoms with Crippen molar-refractivity contribution in [1.29, 1.82) is 0 Å². The summed E-state index contributed by atoms with van der Waals surface area (Å²) in [6, 6.07) is 0. The van der Waals surface area contributed by atoms with E-state index in [9.17, 15) is 4.79 Å². The van der Waals surface area contributed by atoms with Gasteiger partial charge in [-0.05, 0) is 0 Å². The van der Waals surface area contributed by atoms with Gasteiger partial charge in [0, 0.05) is 0 Å². The van der Waals surface area contributed by atoms with Gasteiger partial charge in [-0.1, -0.05) is 0 Å². The van der Waals surface area contributed by atoms with Crippen molar-refractivity contribution >= 4 is 5.78 Å². The van der Waals surface area contributed by atoms with Gasteiger partial charge in [-0.2, -0.15) is 0 Å². The molecular formula is C6H10O5. The van der Waals surface area contributed by atoms with E-state index >= 15 is 0 Å². The second kappa shape index (κ2) is 3.27. The Bertz CT molecular complexity index is 157. The molecule has 3 N–H and O–H groups in total. The lowest BCUT2D eigenvalue weighted by atomic mass is 10.0. The third-order valence-electron chi connectivity index (χ3n) is 1.65. The van der Waals surface area contributed by atoms with Crippen LogP contribution in [0.5, 0.6) is 0 Å². The topological polar surface area (TPSA) is 87.0 Å². The van der Waals surface area contributed by atoms with Crippen molar-refractivity contribution in [3.05, 3.63) is 0 Å². The summed E-state index contributed by atoms with van der Waals surface area (Å²) in [6.07, 6.45) is -3.56. The largest absolute Gasteiger partial charge is 0.394 e. The minimum absolute atomic E-state index is 0.247. The van der Waals surface area contributed by atoms with Crippen LogP contribution in [0.1, 0.15) is 0 Å². The number of aliphatic hydroxyl groups excluding tert-OH is 3. The number of carbonyl (C=O) groups excluding carboxylic acids is 1. The fourth-order valence-corrected chi connectivity index (χ4v) is 0.928. The van der Waals surface area contributed by atoms with Crippen molar-refractivity contribution in [3.8, 4) is 0 Å². The van der Waals surface area contributed by atoms with E-state index in [1.807, 2.05) is 0 Å². The van der Waals surface area contributed by atoms with E-state index in [2.05, 4.69) is 0 Å². The van der Waals surface area contributed by atoms with Crippen LogP contribution in [0.2, 0.25) is 0 Å². The van der Waals surface area contributed by atoms with Gasteiger partial charge in [0.15, 0.2) is 5.78 Å². The van der Waals surface area contributed by atoms with Gasteiger partial charge in [0.25, 0.3) is 0 Å². The van der Waals surface area contributed by atoms with E-state index < -0.39 is 30.7 Å². The molecule has 1 aliphatic rings. The molecule has 1 aliphatic heterocycles. The maximum atomic E-state index is 10.6. The van der Waals surface area contributed by atoms with E-state index in [1.54, 1.807) is 0 Å². The highest BCUT2D eigenvalue weighted by atomic mass is 16.5. The number of rotatable bonds is 1. The van der Waals surface area contributed by atoms with Crippen molar-refractivity contribution in [2.75, 3.05) is 13.2 Å². The van der Waals surface area contributed by atoms with E-state index in [0.29, 0.717) is 0 Å². The first-order chi connectivity index (χ1) is 5.16. The van der Waals surface area contributed by atoms with Crippen LogP contribution in [0, 0.1) is 0 Å². The minimum atomic E-state index is -1.42. The lowest BCUT2D eigenvalue weighted by Crippen LogP contribution is -2.51. The average Bonchev–Trinajstić information content (AvgIpc) is 2.01. The number of ketones is 1. The SMILES string of the molecule is O=C1COC(CO)[C@H](O)[C@@H]1O. The van der Waals surface area contributed by atoms with E-state index in [-0.39, 0.29) is 6.61 Å². The Morgan fingerprint density at radius 1 is 1.55 bits per heavy atom. The summed E-state index contributed by atoms with van der Waals surface area (Å²) in [5.74, 6) is -0.554. The number of hydrogen-bond acceptors (Lipinski definition) is 5. The molecule has 0 saturated carbocycles. The molecule has 1 rings (SSSR count). The van der Waals surface area contributed by atoms with Crippen molar-refractivity contribution < 1.29 is 24.9 Å². The molecule has 1 heterocycles. The Balaban J connectivity index is 2.59. The number of hydrogen-bond donors (Lipinski definition) is 3. The second-order valence-electron chi connectivity index (χ2n) is 2.43. The first-order valence-electron chi connectivity index (χ1n) is 3.28. The van der Waals surface area contributed by atoms with E-state index in [0.717, 1.165) is 0 Å². The summed E-state index contributed by atoms with van der Waals surface area (Å²) in [5, 5.41) is 26.6. The summed E-state index contributed by atoms with van der Waals surface area (Å²) in [5.41, 5.74) is 0. The fourth-order valence-electron chi connectivity index (χ4n) is 0.928. The Morgan fingerprint density at radius 3 is 2.73 bits per heavy atom. The molecule has 0 radical (unpaired) electrons. The second-order valence-corrected chi connectivity index (χ2v) is 2.43. The Labute approximate surface area is 63.2 Å². The lowest BCUT2D eigenvalue weighted by molar-refractivity contribution is -0.170. The first kappa shape index (κ1) is 8.61. The van der Waals surface area contributed by atoms with Gasteiger partial charge in [0.2, 0.25) is 0 Å². The molecule has 1 unspecified atom stereocenters. The van der Waals surface area contributed by atoms with Crippen molar-refractivity contribution in [1.82, 2.24) is 0 Å².